The smallest absolute Gasteiger partial charge is 0.224 e. The van der Waals surface area contributed by atoms with Gasteiger partial charge >= 0.3 is 0 Å². The molecule has 3 heteroatoms. The summed E-state index contributed by atoms with van der Waals surface area (Å²) in [6.07, 6.45) is 0.973. The van der Waals surface area contributed by atoms with Gasteiger partial charge in [0.25, 0.3) is 0 Å². The SMILES string of the molecule is CCCNC(=O)C(CN)C(C)C. The van der Waals surface area contributed by atoms with Crippen LogP contribution in [0.2, 0.25) is 0 Å². The summed E-state index contributed by atoms with van der Waals surface area (Å²) in [5, 5.41) is 2.85. The quantitative estimate of drug-likeness (QED) is 0.642. The van der Waals surface area contributed by atoms with E-state index in [-0.39, 0.29) is 11.8 Å². The van der Waals surface area contributed by atoms with Crippen LogP contribution in [0.4, 0.5) is 0 Å². The van der Waals surface area contributed by atoms with Crippen molar-refractivity contribution in [3.8, 4) is 0 Å². The van der Waals surface area contributed by atoms with Crippen LogP contribution < -0.4 is 11.1 Å². The monoisotopic (exact) mass is 172 g/mol. The summed E-state index contributed by atoms with van der Waals surface area (Å²) in [4.78, 5) is 11.4. The third-order valence-corrected chi connectivity index (χ3v) is 1.94. The number of hydrogen-bond acceptors (Lipinski definition) is 2. The molecule has 3 N–H and O–H groups in total. The fraction of sp³-hybridized carbons (Fsp3) is 0.889. The zero-order valence-electron chi connectivity index (χ0n) is 8.26. The second kappa shape index (κ2) is 6.00. The number of nitrogens with two attached hydrogens (primary N) is 1. The van der Waals surface area contributed by atoms with Crippen molar-refractivity contribution in [1.29, 1.82) is 0 Å². The molecule has 0 saturated heterocycles. The first-order valence-corrected chi connectivity index (χ1v) is 4.61. The Morgan fingerprint density at radius 3 is 2.42 bits per heavy atom. The normalized spacial score (nSPS) is 13.1. The van der Waals surface area contributed by atoms with Gasteiger partial charge in [-0.1, -0.05) is 20.8 Å². The first-order valence-electron chi connectivity index (χ1n) is 4.61. The number of amides is 1. The Balaban J connectivity index is 3.86. The molecule has 0 aromatic rings. The lowest BCUT2D eigenvalue weighted by molar-refractivity contribution is -0.125. The third-order valence-electron chi connectivity index (χ3n) is 1.94. The lowest BCUT2D eigenvalue weighted by Gasteiger charge is -2.17. The van der Waals surface area contributed by atoms with Crippen molar-refractivity contribution in [1.82, 2.24) is 5.32 Å². The van der Waals surface area contributed by atoms with Crippen molar-refractivity contribution in [3.05, 3.63) is 0 Å². The van der Waals surface area contributed by atoms with Crippen LogP contribution in [-0.4, -0.2) is 19.0 Å². The highest BCUT2D eigenvalue weighted by Crippen LogP contribution is 2.08. The first-order chi connectivity index (χ1) is 5.63. The molecule has 72 valence electrons. The summed E-state index contributed by atoms with van der Waals surface area (Å²) in [6, 6.07) is 0. The molecule has 1 amide bonds. The summed E-state index contributed by atoms with van der Waals surface area (Å²) >= 11 is 0. The maximum Gasteiger partial charge on any atom is 0.224 e. The fourth-order valence-electron chi connectivity index (χ4n) is 1.06. The van der Waals surface area contributed by atoms with Crippen molar-refractivity contribution in [2.45, 2.75) is 27.2 Å². The fourth-order valence-corrected chi connectivity index (χ4v) is 1.06. The minimum Gasteiger partial charge on any atom is -0.356 e. The van der Waals surface area contributed by atoms with Gasteiger partial charge in [-0.2, -0.15) is 0 Å². The average Bonchev–Trinajstić information content (AvgIpc) is 2.01. The predicted octanol–water partition coefficient (Wildman–Crippen LogP) is 0.743. The van der Waals surface area contributed by atoms with Crippen molar-refractivity contribution in [2.24, 2.45) is 17.6 Å². The average molecular weight is 172 g/mol. The second-order valence-electron chi connectivity index (χ2n) is 3.38. The van der Waals surface area contributed by atoms with Gasteiger partial charge in [0.2, 0.25) is 5.91 Å². The Hall–Kier alpha value is -0.570. The standard InChI is InChI=1S/C9H20N2O/c1-4-5-11-9(12)8(6-10)7(2)3/h7-8H,4-6,10H2,1-3H3,(H,11,12). The highest BCUT2D eigenvalue weighted by Gasteiger charge is 2.19. The summed E-state index contributed by atoms with van der Waals surface area (Å²) in [7, 11) is 0. The van der Waals surface area contributed by atoms with Gasteiger partial charge in [0.05, 0.1) is 5.92 Å². The van der Waals surface area contributed by atoms with Gasteiger partial charge in [0.15, 0.2) is 0 Å². The molecule has 1 unspecified atom stereocenters. The zero-order valence-corrected chi connectivity index (χ0v) is 8.26. The van der Waals surface area contributed by atoms with Crippen LogP contribution in [0.3, 0.4) is 0 Å². The van der Waals surface area contributed by atoms with Gasteiger partial charge in [0.1, 0.15) is 0 Å². The van der Waals surface area contributed by atoms with Gasteiger partial charge in [-0.05, 0) is 12.3 Å². The minimum atomic E-state index is -0.0310. The molecule has 0 aliphatic carbocycles. The van der Waals surface area contributed by atoms with Gasteiger partial charge in [-0.25, -0.2) is 0 Å². The topological polar surface area (TPSA) is 55.1 Å². The van der Waals surface area contributed by atoms with E-state index >= 15 is 0 Å². The van der Waals surface area contributed by atoms with Crippen LogP contribution in [0.1, 0.15) is 27.2 Å². The van der Waals surface area contributed by atoms with Crippen LogP contribution in [0.25, 0.3) is 0 Å². The molecule has 12 heavy (non-hydrogen) atoms. The first kappa shape index (κ1) is 11.4. The highest BCUT2D eigenvalue weighted by molar-refractivity contribution is 5.79. The number of nitrogens with one attached hydrogen (secondary N) is 1. The minimum absolute atomic E-state index is 0.0310. The Labute approximate surface area is 74.7 Å². The summed E-state index contributed by atoms with van der Waals surface area (Å²) < 4.78 is 0. The second-order valence-corrected chi connectivity index (χ2v) is 3.38. The number of hydrogen-bond donors (Lipinski definition) is 2. The highest BCUT2D eigenvalue weighted by atomic mass is 16.1. The van der Waals surface area contributed by atoms with Crippen LogP contribution >= 0.6 is 0 Å². The predicted molar refractivity (Wildman–Crippen MR) is 50.7 cm³/mol. The van der Waals surface area contributed by atoms with Crippen LogP contribution in [0.15, 0.2) is 0 Å². The van der Waals surface area contributed by atoms with Crippen molar-refractivity contribution >= 4 is 5.91 Å². The lowest BCUT2D eigenvalue weighted by Crippen LogP contribution is -2.38. The molecule has 1 atom stereocenters. The van der Waals surface area contributed by atoms with E-state index in [0.29, 0.717) is 12.5 Å². The Bertz CT molecular complexity index is 134. The van der Waals surface area contributed by atoms with E-state index in [0.717, 1.165) is 13.0 Å². The number of carbonyl (C=O) groups is 1. The van der Waals surface area contributed by atoms with E-state index in [2.05, 4.69) is 5.32 Å². The molecule has 0 spiro atoms. The Kier molecular flexibility index (Phi) is 5.72. The molecule has 0 aliphatic rings. The largest absolute Gasteiger partial charge is 0.356 e. The van der Waals surface area contributed by atoms with Crippen LogP contribution in [0, 0.1) is 11.8 Å². The van der Waals surface area contributed by atoms with E-state index in [1.54, 1.807) is 0 Å². The lowest BCUT2D eigenvalue weighted by atomic mass is 9.95. The van der Waals surface area contributed by atoms with E-state index in [1.807, 2.05) is 20.8 Å². The molecule has 3 nitrogen and oxygen atoms in total. The Morgan fingerprint density at radius 2 is 2.08 bits per heavy atom. The maximum atomic E-state index is 11.4. The number of rotatable bonds is 5. The van der Waals surface area contributed by atoms with Gasteiger partial charge < -0.3 is 11.1 Å². The molecule has 0 saturated carbocycles. The van der Waals surface area contributed by atoms with Crippen molar-refractivity contribution in [3.63, 3.8) is 0 Å². The zero-order chi connectivity index (χ0) is 9.56. The van der Waals surface area contributed by atoms with Crippen molar-refractivity contribution in [2.75, 3.05) is 13.1 Å². The summed E-state index contributed by atoms with van der Waals surface area (Å²) in [5.41, 5.74) is 5.49. The van der Waals surface area contributed by atoms with Crippen LogP contribution in [-0.2, 0) is 4.79 Å². The summed E-state index contributed by atoms with van der Waals surface area (Å²) in [5.74, 6) is 0.387. The summed E-state index contributed by atoms with van der Waals surface area (Å²) in [6.45, 7) is 7.26. The van der Waals surface area contributed by atoms with E-state index in [4.69, 9.17) is 5.73 Å². The molecule has 0 fully saturated rings. The van der Waals surface area contributed by atoms with Gasteiger partial charge in [-0.3, -0.25) is 4.79 Å². The van der Waals surface area contributed by atoms with Gasteiger partial charge in [-0.15, -0.1) is 0 Å². The van der Waals surface area contributed by atoms with E-state index in [9.17, 15) is 4.79 Å². The molecule has 0 radical (unpaired) electrons. The molecule has 0 aliphatic heterocycles. The molecular weight excluding hydrogens is 152 g/mol. The molecule has 0 aromatic heterocycles. The molecular formula is C9H20N2O. The van der Waals surface area contributed by atoms with Crippen LogP contribution in [0.5, 0.6) is 0 Å². The van der Waals surface area contributed by atoms with E-state index in [1.165, 1.54) is 0 Å². The molecule has 0 heterocycles. The third kappa shape index (κ3) is 3.72. The van der Waals surface area contributed by atoms with E-state index < -0.39 is 0 Å². The molecule has 0 aromatic carbocycles. The number of carbonyl (C=O) groups excluding carboxylic acids is 1. The van der Waals surface area contributed by atoms with Gasteiger partial charge in [0, 0.05) is 13.1 Å². The maximum absolute atomic E-state index is 11.4. The molecule has 0 bridgehead atoms. The Morgan fingerprint density at radius 1 is 1.50 bits per heavy atom. The molecule has 0 rings (SSSR count). The van der Waals surface area contributed by atoms with Crippen molar-refractivity contribution < 1.29 is 4.79 Å².